The van der Waals surface area contributed by atoms with Gasteiger partial charge in [0.05, 0.1) is 0 Å². The third-order valence-corrected chi connectivity index (χ3v) is 5.09. The minimum Gasteiger partial charge on any atom is -0.356 e. The fourth-order valence-electron chi connectivity index (χ4n) is 3.46. The average Bonchev–Trinajstić information content (AvgIpc) is 3.24. The molecule has 23 heavy (non-hydrogen) atoms. The lowest BCUT2D eigenvalue weighted by Gasteiger charge is -2.31. The van der Waals surface area contributed by atoms with Gasteiger partial charge >= 0.3 is 0 Å². The largest absolute Gasteiger partial charge is 0.356 e. The van der Waals surface area contributed by atoms with Crippen molar-refractivity contribution in [2.45, 2.75) is 43.9 Å². The van der Waals surface area contributed by atoms with Crippen LogP contribution < -0.4 is 10.6 Å². The Morgan fingerprint density at radius 3 is 2.39 bits per heavy atom. The number of nitrogens with zero attached hydrogens (tertiary/aromatic N) is 1. The van der Waals surface area contributed by atoms with Gasteiger partial charge in [-0.3, -0.25) is 4.99 Å². The Balaban J connectivity index is 0.00000192. The molecule has 2 saturated carbocycles. The van der Waals surface area contributed by atoms with Crippen LogP contribution in [0, 0.1) is 11.7 Å². The molecule has 3 rings (SSSR count). The number of halogens is 2. The summed E-state index contributed by atoms with van der Waals surface area (Å²) in [4.78, 5) is 4.32. The summed E-state index contributed by atoms with van der Waals surface area (Å²) >= 11 is 0. The lowest BCUT2D eigenvalue weighted by Crippen LogP contribution is -2.45. The Kier molecular flexibility index (Phi) is 6.68. The van der Waals surface area contributed by atoms with Gasteiger partial charge < -0.3 is 10.6 Å². The van der Waals surface area contributed by atoms with Gasteiger partial charge in [0.1, 0.15) is 5.82 Å². The molecule has 0 amide bonds. The number of nitrogens with one attached hydrogen (secondary N) is 2. The van der Waals surface area contributed by atoms with E-state index in [1.165, 1.54) is 31.2 Å². The van der Waals surface area contributed by atoms with Crippen molar-refractivity contribution in [1.82, 2.24) is 10.6 Å². The highest BCUT2D eigenvalue weighted by atomic mass is 127. The normalized spacial score (nSPS) is 20.0. The minimum absolute atomic E-state index is 0. The van der Waals surface area contributed by atoms with E-state index in [-0.39, 0.29) is 35.2 Å². The van der Waals surface area contributed by atoms with Crippen LogP contribution >= 0.6 is 24.0 Å². The topological polar surface area (TPSA) is 36.4 Å². The van der Waals surface area contributed by atoms with Crippen LogP contribution in [-0.4, -0.2) is 26.1 Å². The molecule has 5 heteroatoms. The van der Waals surface area contributed by atoms with Crippen molar-refractivity contribution in [2.75, 3.05) is 20.1 Å². The van der Waals surface area contributed by atoms with Crippen molar-refractivity contribution < 1.29 is 4.39 Å². The predicted molar refractivity (Wildman–Crippen MR) is 104 cm³/mol. The van der Waals surface area contributed by atoms with Crippen LogP contribution in [-0.2, 0) is 5.41 Å². The van der Waals surface area contributed by atoms with Gasteiger partial charge in [-0.1, -0.05) is 25.0 Å². The van der Waals surface area contributed by atoms with E-state index in [1.807, 2.05) is 19.2 Å². The van der Waals surface area contributed by atoms with Crippen molar-refractivity contribution in [2.24, 2.45) is 10.9 Å². The molecule has 0 aliphatic heterocycles. The van der Waals surface area contributed by atoms with E-state index in [4.69, 9.17) is 0 Å². The van der Waals surface area contributed by atoms with E-state index in [9.17, 15) is 4.39 Å². The second-order valence-corrected chi connectivity index (χ2v) is 6.74. The first-order valence-electron chi connectivity index (χ1n) is 8.42. The van der Waals surface area contributed by atoms with E-state index >= 15 is 0 Å². The zero-order valence-corrected chi connectivity index (χ0v) is 16.1. The molecule has 2 fully saturated rings. The van der Waals surface area contributed by atoms with Crippen LogP contribution in [0.5, 0.6) is 0 Å². The molecule has 0 radical (unpaired) electrons. The van der Waals surface area contributed by atoms with E-state index < -0.39 is 0 Å². The summed E-state index contributed by atoms with van der Waals surface area (Å²) in [6, 6.07) is 7.05. The van der Waals surface area contributed by atoms with Gasteiger partial charge in [-0.2, -0.15) is 0 Å². The molecule has 128 valence electrons. The molecule has 3 nitrogen and oxygen atoms in total. The maximum absolute atomic E-state index is 13.2. The zero-order valence-electron chi connectivity index (χ0n) is 13.8. The van der Waals surface area contributed by atoms with Crippen LogP contribution in [0.1, 0.15) is 44.1 Å². The molecule has 0 bridgehead atoms. The van der Waals surface area contributed by atoms with E-state index in [2.05, 4.69) is 15.6 Å². The predicted octanol–water partition coefficient (Wildman–Crippen LogP) is 3.83. The molecule has 1 aromatic carbocycles. The van der Waals surface area contributed by atoms with Crippen LogP contribution in [0.15, 0.2) is 29.3 Å². The summed E-state index contributed by atoms with van der Waals surface area (Å²) in [6.07, 6.45) is 7.48. The number of benzene rings is 1. The number of rotatable bonds is 5. The molecular formula is C18H27FIN3. The van der Waals surface area contributed by atoms with Crippen molar-refractivity contribution >= 4 is 29.9 Å². The Labute approximate surface area is 155 Å². The van der Waals surface area contributed by atoms with Crippen molar-refractivity contribution in [3.8, 4) is 0 Å². The summed E-state index contributed by atoms with van der Waals surface area (Å²) in [5.74, 6) is 1.56. The van der Waals surface area contributed by atoms with Gasteiger partial charge in [-0.25, -0.2) is 4.39 Å². The van der Waals surface area contributed by atoms with E-state index in [0.29, 0.717) is 0 Å². The van der Waals surface area contributed by atoms with Gasteiger partial charge in [-0.05, 0) is 49.3 Å². The maximum atomic E-state index is 13.2. The Bertz CT molecular complexity index is 520. The second-order valence-electron chi connectivity index (χ2n) is 6.74. The minimum atomic E-state index is -0.160. The molecule has 0 saturated heterocycles. The van der Waals surface area contributed by atoms with Crippen LogP contribution in [0.2, 0.25) is 0 Å². The monoisotopic (exact) mass is 431 g/mol. The number of hydrogen-bond acceptors (Lipinski definition) is 1. The smallest absolute Gasteiger partial charge is 0.191 e. The molecule has 1 aromatic rings. The molecule has 2 aliphatic rings. The summed E-state index contributed by atoms with van der Waals surface area (Å²) in [5.41, 5.74) is 1.36. The fourth-order valence-corrected chi connectivity index (χ4v) is 3.46. The highest BCUT2D eigenvalue weighted by Gasteiger charge is 2.35. The van der Waals surface area contributed by atoms with Crippen LogP contribution in [0.25, 0.3) is 0 Å². The Morgan fingerprint density at radius 2 is 1.83 bits per heavy atom. The van der Waals surface area contributed by atoms with E-state index in [0.717, 1.165) is 37.8 Å². The third-order valence-electron chi connectivity index (χ3n) is 5.09. The quantitative estimate of drug-likeness (QED) is 0.423. The average molecular weight is 431 g/mol. The Hall–Kier alpha value is -0.850. The second kappa shape index (κ2) is 8.31. The van der Waals surface area contributed by atoms with Crippen LogP contribution in [0.4, 0.5) is 4.39 Å². The van der Waals surface area contributed by atoms with Crippen LogP contribution in [0.3, 0.4) is 0 Å². The zero-order chi connectivity index (χ0) is 15.4. The summed E-state index contributed by atoms with van der Waals surface area (Å²) in [6.45, 7) is 1.88. The number of aliphatic imine (C=N–C) groups is 1. The molecule has 0 aromatic heterocycles. The molecular weight excluding hydrogens is 404 g/mol. The highest BCUT2D eigenvalue weighted by Crippen LogP contribution is 2.40. The lowest BCUT2D eigenvalue weighted by atomic mass is 9.79. The first-order valence-corrected chi connectivity index (χ1v) is 8.42. The maximum Gasteiger partial charge on any atom is 0.191 e. The summed E-state index contributed by atoms with van der Waals surface area (Å²) < 4.78 is 13.2. The Morgan fingerprint density at radius 1 is 1.17 bits per heavy atom. The molecule has 2 aliphatic carbocycles. The number of guanidine groups is 1. The molecule has 0 unspecified atom stereocenters. The summed E-state index contributed by atoms with van der Waals surface area (Å²) in [5, 5.41) is 6.91. The molecule has 0 heterocycles. The van der Waals surface area contributed by atoms with Gasteiger partial charge in [-0.15, -0.1) is 24.0 Å². The summed E-state index contributed by atoms with van der Waals surface area (Å²) in [7, 11) is 1.82. The van der Waals surface area contributed by atoms with E-state index in [1.54, 1.807) is 12.1 Å². The van der Waals surface area contributed by atoms with Crippen molar-refractivity contribution in [1.29, 1.82) is 0 Å². The van der Waals surface area contributed by atoms with Crippen molar-refractivity contribution in [3.05, 3.63) is 35.6 Å². The standard InChI is InChI=1S/C18H26FN3.HI/c1-20-17(21-12-14-4-5-14)22-13-18(10-2-3-11-18)15-6-8-16(19)9-7-15;/h6-9,14H,2-5,10-13H2,1H3,(H2,20,21,22);1H. The third kappa shape index (κ3) is 4.81. The lowest BCUT2D eigenvalue weighted by molar-refractivity contribution is 0.430. The van der Waals surface area contributed by atoms with Gasteiger partial charge in [0, 0.05) is 25.6 Å². The molecule has 2 N–H and O–H groups in total. The van der Waals surface area contributed by atoms with Gasteiger partial charge in [0.2, 0.25) is 0 Å². The molecule has 0 spiro atoms. The first kappa shape index (κ1) is 18.5. The van der Waals surface area contributed by atoms with Crippen molar-refractivity contribution in [3.63, 3.8) is 0 Å². The highest BCUT2D eigenvalue weighted by molar-refractivity contribution is 14.0. The fraction of sp³-hybridized carbons (Fsp3) is 0.611. The van der Waals surface area contributed by atoms with Gasteiger partial charge in [0.25, 0.3) is 0 Å². The number of hydrogen-bond donors (Lipinski definition) is 2. The molecule has 0 atom stereocenters. The van der Waals surface area contributed by atoms with Gasteiger partial charge in [0.15, 0.2) is 5.96 Å². The first-order chi connectivity index (χ1) is 10.7. The SMILES string of the molecule is CN=C(NCC1CC1)NCC1(c2ccc(F)cc2)CCCC1.I.